The Balaban J connectivity index is 1.59. The van der Waals surface area contributed by atoms with Crippen LogP contribution in [0.3, 0.4) is 0 Å². The largest absolute Gasteiger partial charge is 0.289 e. The van der Waals surface area contributed by atoms with E-state index < -0.39 is 8.07 Å². The molecule has 2 bridgehead atoms. The lowest BCUT2D eigenvalue weighted by molar-refractivity contribution is -0.0968. The van der Waals surface area contributed by atoms with E-state index >= 15 is 0 Å². The van der Waals surface area contributed by atoms with Crippen molar-refractivity contribution in [2.24, 2.45) is 17.8 Å². The van der Waals surface area contributed by atoms with Crippen molar-refractivity contribution in [3.8, 4) is 11.5 Å². The number of aromatic nitrogens is 1. The topological polar surface area (TPSA) is 16.1 Å². The molecule has 4 unspecified atom stereocenters. The van der Waals surface area contributed by atoms with Gasteiger partial charge in [0.25, 0.3) is 0 Å². The monoisotopic (exact) mass is 428 g/mol. The molecule has 2 aromatic rings. The number of benzene rings is 1. The molecule has 0 spiro atoms. The molecule has 1 aromatic heterocycles. The summed E-state index contributed by atoms with van der Waals surface area (Å²) >= 11 is 0. The molecule has 0 radical (unpaired) electrons. The minimum Gasteiger partial charge on any atom is -0.289 e. The molecule has 0 amide bonds. The molecular formula is C28H36N2Si. The third-order valence-electron chi connectivity index (χ3n) is 7.73. The SMILES string of the molecule is CC1CC2Cc3nc(C#C[Si](C)(C)C)ccc3C3(C1)C2CCCN3Cc1ccccc1. The molecule has 2 aliphatic carbocycles. The van der Waals surface area contributed by atoms with Gasteiger partial charge >= 0.3 is 0 Å². The van der Waals surface area contributed by atoms with Crippen LogP contribution in [-0.2, 0) is 18.5 Å². The van der Waals surface area contributed by atoms with Crippen molar-refractivity contribution >= 4 is 8.07 Å². The Kier molecular flexibility index (Phi) is 5.35. The number of pyridine rings is 1. The number of nitrogens with zero attached hydrogens (tertiary/aromatic N) is 2. The zero-order valence-corrected chi connectivity index (χ0v) is 20.6. The Morgan fingerprint density at radius 3 is 2.71 bits per heavy atom. The van der Waals surface area contributed by atoms with Gasteiger partial charge in [-0.05, 0) is 73.6 Å². The average Bonchev–Trinajstić information content (AvgIpc) is 2.72. The molecule has 1 saturated carbocycles. The first-order chi connectivity index (χ1) is 14.8. The summed E-state index contributed by atoms with van der Waals surface area (Å²) in [6.07, 6.45) is 6.48. The van der Waals surface area contributed by atoms with Gasteiger partial charge in [0.15, 0.2) is 0 Å². The maximum absolute atomic E-state index is 5.17. The van der Waals surface area contributed by atoms with E-state index in [1.807, 2.05) is 0 Å². The Hall–Kier alpha value is -1.89. The maximum Gasteiger partial charge on any atom is 0.129 e. The van der Waals surface area contributed by atoms with Gasteiger partial charge in [0, 0.05) is 12.2 Å². The summed E-state index contributed by atoms with van der Waals surface area (Å²) in [4.78, 5) is 8.01. The van der Waals surface area contributed by atoms with E-state index in [1.165, 1.54) is 49.0 Å². The predicted octanol–water partition coefficient (Wildman–Crippen LogP) is 6.02. The van der Waals surface area contributed by atoms with Crippen LogP contribution in [0.15, 0.2) is 42.5 Å². The molecule has 31 heavy (non-hydrogen) atoms. The summed E-state index contributed by atoms with van der Waals surface area (Å²) in [5.74, 6) is 5.73. The van der Waals surface area contributed by atoms with E-state index in [1.54, 1.807) is 0 Å². The van der Waals surface area contributed by atoms with Crippen molar-refractivity contribution in [3.63, 3.8) is 0 Å². The Bertz CT molecular complexity index is 1010. The highest BCUT2D eigenvalue weighted by Crippen LogP contribution is 2.59. The molecule has 1 saturated heterocycles. The van der Waals surface area contributed by atoms with E-state index in [0.717, 1.165) is 36.4 Å². The quantitative estimate of drug-likeness (QED) is 0.429. The van der Waals surface area contributed by atoms with Crippen LogP contribution in [0.5, 0.6) is 0 Å². The lowest BCUT2D eigenvalue weighted by Gasteiger charge is -2.61. The molecule has 3 heteroatoms. The van der Waals surface area contributed by atoms with E-state index in [0.29, 0.717) is 0 Å². The molecule has 2 fully saturated rings. The predicted molar refractivity (Wildman–Crippen MR) is 131 cm³/mol. The third-order valence-corrected chi connectivity index (χ3v) is 8.61. The van der Waals surface area contributed by atoms with E-state index in [2.05, 4.69) is 85.4 Å². The van der Waals surface area contributed by atoms with E-state index in [-0.39, 0.29) is 5.54 Å². The van der Waals surface area contributed by atoms with Gasteiger partial charge in [0.1, 0.15) is 13.8 Å². The lowest BCUT2D eigenvalue weighted by atomic mass is 9.53. The van der Waals surface area contributed by atoms with Gasteiger partial charge in [-0.3, -0.25) is 4.90 Å². The number of hydrogen-bond acceptors (Lipinski definition) is 2. The summed E-state index contributed by atoms with van der Waals surface area (Å²) in [6, 6.07) is 15.7. The Morgan fingerprint density at radius 2 is 1.94 bits per heavy atom. The molecule has 4 atom stereocenters. The van der Waals surface area contributed by atoms with Crippen molar-refractivity contribution in [1.29, 1.82) is 0 Å². The van der Waals surface area contributed by atoms with Crippen molar-refractivity contribution in [2.45, 2.75) is 70.8 Å². The second-order valence-corrected chi connectivity index (χ2v) is 16.0. The molecule has 2 nitrogen and oxygen atoms in total. The second kappa shape index (κ2) is 7.91. The number of hydrogen-bond donors (Lipinski definition) is 0. The highest BCUT2D eigenvalue weighted by molar-refractivity contribution is 6.83. The molecule has 2 heterocycles. The smallest absolute Gasteiger partial charge is 0.129 e. The fraction of sp³-hybridized carbons (Fsp3) is 0.536. The van der Waals surface area contributed by atoms with Crippen LogP contribution in [0, 0.1) is 29.2 Å². The normalized spacial score (nSPS) is 30.0. The summed E-state index contributed by atoms with van der Waals surface area (Å²) in [5.41, 5.74) is 8.95. The zero-order valence-electron chi connectivity index (χ0n) is 19.6. The van der Waals surface area contributed by atoms with Crippen LogP contribution in [-0.4, -0.2) is 24.5 Å². The maximum atomic E-state index is 5.17. The number of rotatable bonds is 2. The molecule has 1 aliphatic heterocycles. The van der Waals surface area contributed by atoms with Crippen molar-refractivity contribution in [1.82, 2.24) is 9.88 Å². The molecule has 3 aliphatic rings. The van der Waals surface area contributed by atoms with Gasteiger partial charge < -0.3 is 0 Å². The summed E-state index contributed by atoms with van der Waals surface area (Å²) in [7, 11) is -1.40. The first-order valence-electron chi connectivity index (χ1n) is 12.2. The van der Waals surface area contributed by atoms with E-state index in [4.69, 9.17) is 4.98 Å². The van der Waals surface area contributed by atoms with Gasteiger partial charge in [-0.25, -0.2) is 4.98 Å². The molecule has 5 rings (SSSR count). The summed E-state index contributed by atoms with van der Waals surface area (Å²) in [6.45, 7) is 11.6. The molecule has 162 valence electrons. The Labute approximate surface area is 189 Å². The number of fused-ring (bicyclic) bond motifs is 1. The van der Waals surface area contributed by atoms with Crippen molar-refractivity contribution in [2.75, 3.05) is 6.54 Å². The van der Waals surface area contributed by atoms with Gasteiger partial charge in [-0.2, -0.15) is 0 Å². The molecule has 0 N–H and O–H groups in total. The van der Waals surface area contributed by atoms with Gasteiger partial charge in [-0.15, -0.1) is 5.54 Å². The summed E-state index contributed by atoms with van der Waals surface area (Å²) < 4.78 is 0. The average molecular weight is 429 g/mol. The minimum absolute atomic E-state index is 0.155. The van der Waals surface area contributed by atoms with Crippen LogP contribution >= 0.6 is 0 Å². The van der Waals surface area contributed by atoms with E-state index in [9.17, 15) is 0 Å². The fourth-order valence-electron chi connectivity index (χ4n) is 6.73. The first-order valence-corrected chi connectivity index (χ1v) is 15.7. The zero-order chi connectivity index (χ0) is 21.6. The molecule has 1 aromatic carbocycles. The van der Waals surface area contributed by atoms with Gasteiger partial charge in [-0.1, -0.05) is 68.9 Å². The lowest BCUT2D eigenvalue weighted by Crippen LogP contribution is -2.61. The Morgan fingerprint density at radius 1 is 1.13 bits per heavy atom. The van der Waals surface area contributed by atoms with Crippen LogP contribution in [0.25, 0.3) is 0 Å². The number of likely N-dealkylation sites (tertiary alicyclic amines) is 1. The van der Waals surface area contributed by atoms with Gasteiger partial charge in [0.2, 0.25) is 0 Å². The van der Waals surface area contributed by atoms with Crippen LogP contribution in [0.2, 0.25) is 19.6 Å². The highest BCUT2D eigenvalue weighted by Gasteiger charge is 2.57. The minimum atomic E-state index is -1.40. The second-order valence-electron chi connectivity index (χ2n) is 11.3. The van der Waals surface area contributed by atoms with Crippen LogP contribution in [0.1, 0.15) is 55.1 Å². The highest BCUT2D eigenvalue weighted by atomic mass is 28.3. The summed E-state index contributed by atoms with van der Waals surface area (Å²) in [5, 5.41) is 0. The fourth-order valence-corrected chi connectivity index (χ4v) is 7.23. The first kappa shape index (κ1) is 21.0. The van der Waals surface area contributed by atoms with Crippen molar-refractivity contribution in [3.05, 3.63) is 65.0 Å². The van der Waals surface area contributed by atoms with Crippen LogP contribution < -0.4 is 0 Å². The van der Waals surface area contributed by atoms with Crippen molar-refractivity contribution < 1.29 is 0 Å². The standard InChI is InChI=1S/C28H36N2Si/c1-21-17-23-18-27-26(13-12-24(29-27)14-16-31(2,3)4)28(19-21)25(23)11-8-15-30(28)20-22-9-6-5-7-10-22/h5-7,9-10,12-13,21,23,25H,8,11,15,17-20H2,1-4H3. The number of piperidine rings is 1. The molecular weight excluding hydrogens is 392 g/mol. The van der Waals surface area contributed by atoms with Gasteiger partial charge in [0.05, 0.1) is 5.54 Å². The van der Waals surface area contributed by atoms with Crippen LogP contribution in [0.4, 0.5) is 0 Å². The third kappa shape index (κ3) is 3.90.